The lowest BCUT2D eigenvalue weighted by Crippen LogP contribution is -2.57. The largest absolute Gasteiger partial charge is 0.348 e. The number of amides is 1. The van der Waals surface area contributed by atoms with E-state index < -0.39 is 0 Å². The summed E-state index contributed by atoms with van der Waals surface area (Å²) in [6.45, 7) is 6.84. The maximum absolute atomic E-state index is 14.0. The summed E-state index contributed by atoms with van der Waals surface area (Å²) in [5, 5.41) is 3.18. The minimum absolute atomic E-state index is 0.134. The summed E-state index contributed by atoms with van der Waals surface area (Å²) in [6, 6.07) is 6.70. The number of anilines is 1. The first-order chi connectivity index (χ1) is 12.6. The molecule has 1 aromatic carbocycles. The summed E-state index contributed by atoms with van der Waals surface area (Å²) in [5.74, 6) is 0.0963. The second-order valence-corrected chi connectivity index (χ2v) is 6.96. The van der Waals surface area contributed by atoms with Crippen LogP contribution < -0.4 is 10.2 Å². The SMILES string of the molecule is C=C/C=C\C(=C/N(C)c1ccccc1F)C(=O)NC1CN2CCC1CC2. The van der Waals surface area contributed by atoms with Gasteiger partial charge in [-0.3, -0.25) is 4.79 Å². The van der Waals surface area contributed by atoms with Crippen molar-refractivity contribution in [3.8, 4) is 0 Å². The third-order valence-corrected chi connectivity index (χ3v) is 5.21. The van der Waals surface area contributed by atoms with Gasteiger partial charge in [-0.1, -0.05) is 30.9 Å². The van der Waals surface area contributed by atoms with E-state index in [1.54, 1.807) is 54.6 Å². The van der Waals surface area contributed by atoms with Crippen LogP contribution in [0.4, 0.5) is 10.1 Å². The average Bonchev–Trinajstić information content (AvgIpc) is 2.66. The van der Waals surface area contributed by atoms with Gasteiger partial charge in [0, 0.05) is 25.8 Å². The van der Waals surface area contributed by atoms with Crippen LogP contribution in [0.2, 0.25) is 0 Å². The van der Waals surface area contributed by atoms with E-state index in [0.29, 0.717) is 17.2 Å². The highest BCUT2D eigenvalue weighted by Crippen LogP contribution is 2.27. The number of nitrogens with one attached hydrogen (secondary N) is 1. The fraction of sp³-hybridized carbons (Fsp3) is 0.381. The van der Waals surface area contributed by atoms with E-state index in [1.165, 1.54) is 6.07 Å². The second-order valence-electron chi connectivity index (χ2n) is 6.96. The van der Waals surface area contributed by atoms with Crippen LogP contribution in [-0.2, 0) is 4.79 Å². The first-order valence-electron chi connectivity index (χ1n) is 9.10. The van der Waals surface area contributed by atoms with E-state index >= 15 is 0 Å². The van der Waals surface area contributed by atoms with Crippen molar-refractivity contribution in [2.75, 3.05) is 31.6 Å². The van der Waals surface area contributed by atoms with Crippen molar-refractivity contribution >= 4 is 11.6 Å². The lowest BCUT2D eigenvalue weighted by atomic mass is 9.84. The topological polar surface area (TPSA) is 35.6 Å². The van der Waals surface area contributed by atoms with Crippen molar-refractivity contribution in [3.63, 3.8) is 0 Å². The van der Waals surface area contributed by atoms with Crippen molar-refractivity contribution in [2.24, 2.45) is 5.92 Å². The predicted molar refractivity (Wildman–Crippen MR) is 103 cm³/mol. The molecule has 1 aromatic rings. The molecule has 0 saturated carbocycles. The van der Waals surface area contributed by atoms with Crippen LogP contribution in [0, 0.1) is 11.7 Å². The zero-order valence-corrected chi connectivity index (χ0v) is 15.2. The number of carbonyl (C=O) groups excluding carboxylic acids is 1. The van der Waals surface area contributed by atoms with E-state index in [1.807, 2.05) is 0 Å². The molecule has 5 heteroatoms. The summed E-state index contributed by atoms with van der Waals surface area (Å²) in [5.41, 5.74) is 0.903. The number of carbonyl (C=O) groups is 1. The molecule has 4 rings (SSSR count). The molecule has 0 aliphatic carbocycles. The molecule has 3 aliphatic rings. The summed E-state index contributed by atoms with van der Waals surface area (Å²) in [7, 11) is 1.74. The highest BCUT2D eigenvalue weighted by molar-refractivity contribution is 5.96. The molecule has 3 fully saturated rings. The third-order valence-electron chi connectivity index (χ3n) is 5.21. The number of allylic oxidation sites excluding steroid dienone is 2. The number of halogens is 1. The summed E-state index contributed by atoms with van der Waals surface area (Å²) >= 11 is 0. The van der Waals surface area contributed by atoms with Gasteiger partial charge in [-0.25, -0.2) is 4.39 Å². The van der Waals surface area contributed by atoms with Gasteiger partial charge < -0.3 is 15.1 Å². The number of hydrogen-bond donors (Lipinski definition) is 1. The molecule has 3 aliphatic heterocycles. The standard InChI is InChI=1S/C21H26FN3O/c1-3-4-7-17(14-24(2)20-9-6-5-8-18(20)22)21(26)23-19-15-25-12-10-16(19)11-13-25/h3-9,14,16,19H,1,10-13,15H2,2H3,(H,23,26)/b7-4-,17-14+. The zero-order valence-electron chi connectivity index (χ0n) is 15.2. The fourth-order valence-corrected chi connectivity index (χ4v) is 3.75. The molecular weight excluding hydrogens is 329 g/mol. The Bertz CT molecular complexity index is 720. The number of nitrogens with zero attached hydrogens (tertiary/aromatic N) is 2. The quantitative estimate of drug-likeness (QED) is 0.629. The molecule has 1 N–H and O–H groups in total. The Balaban J connectivity index is 1.76. The minimum Gasteiger partial charge on any atom is -0.348 e. The maximum Gasteiger partial charge on any atom is 0.253 e. The lowest BCUT2D eigenvalue weighted by molar-refractivity contribution is -0.119. The van der Waals surface area contributed by atoms with Crippen LogP contribution in [0.25, 0.3) is 0 Å². The second kappa shape index (κ2) is 8.32. The van der Waals surface area contributed by atoms with Gasteiger partial charge in [0.2, 0.25) is 0 Å². The first kappa shape index (κ1) is 18.4. The average molecular weight is 355 g/mol. The Hall–Kier alpha value is -2.40. The van der Waals surface area contributed by atoms with Crippen molar-refractivity contribution in [2.45, 2.75) is 18.9 Å². The Morgan fingerprint density at radius 1 is 1.35 bits per heavy atom. The molecule has 1 amide bonds. The number of para-hydroxylation sites is 1. The molecule has 0 aromatic heterocycles. The number of rotatable bonds is 6. The van der Waals surface area contributed by atoms with Crippen LogP contribution in [0.5, 0.6) is 0 Å². The molecule has 3 saturated heterocycles. The molecule has 1 atom stereocenters. The fourth-order valence-electron chi connectivity index (χ4n) is 3.75. The van der Waals surface area contributed by atoms with E-state index in [0.717, 1.165) is 32.5 Å². The smallest absolute Gasteiger partial charge is 0.253 e. The predicted octanol–water partition coefficient (Wildman–Crippen LogP) is 3.10. The molecule has 1 unspecified atom stereocenters. The van der Waals surface area contributed by atoms with Crippen molar-refractivity contribution in [1.29, 1.82) is 0 Å². The van der Waals surface area contributed by atoms with Gasteiger partial charge in [0.15, 0.2) is 0 Å². The van der Waals surface area contributed by atoms with Crippen LogP contribution in [0.1, 0.15) is 12.8 Å². The third kappa shape index (κ3) is 4.22. The van der Waals surface area contributed by atoms with Gasteiger partial charge >= 0.3 is 0 Å². The molecule has 0 spiro atoms. The normalized spacial score (nSPS) is 25.3. The zero-order chi connectivity index (χ0) is 18.5. The number of benzene rings is 1. The van der Waals surface area contributed by atoms with E-state index in [-0.39, 0.29) is 17.8 Å². The number of hydrogen-bond acceptors (Lipinski definition) is 3. The molecule has 4 nitrogen and oxygen atoms in total. The van der Waals surface area contributed by atoms with E-state index in [2.05, 4.69) is 16.8 Å². The number of piperidine rings is 3. The highest BCUT2D eigenvalue weighted by atomic mass is 19.1. The van der Waals surface area contributed by atoms with Crippen LogP contribution in [-0.4, -0.2) is 43.5 Å². The highest BCUT2D eigenvalue weighted by Gasteiger charge is 2.35. The van der Waals surface area contributed by atoms with Gasteiger partial charge in [-0.2, -0.15) is 0 Å². The molecule has 0 radical (unpaired) electrons. The Kier molecular flexibility index (Phi) is 5.89. The Labute approximate surface area is 154 Å². The summed E-state index contributed by atoms with van der Waals surface area (Å²) in [4.78, 5) is 16.9. The number of fused-ring (bicyclic) bond motifs is 3. The molecule has 26 heavy (non-hydrogen) atoms. The minimum atomic E-state index is -0.323. The lowest BCUT2D eigenvalue weighted by Gasteiger charge is -2.45. The monoisotopic (exact) mass is 355 g/mol. The molecule has 3 heterocycles. The van der Waals surface area contributed by atoms with Crippen LogP contribution >= 0.6 is 0 Å². The van der Waals surface area contributed by atoms with Gasteiger partial charge in [0.25, 0.3) is 5.91 Å². The first-order valence-corrected chi connectivity index (χ1v) is 9.10. The van der Waals surface area contributed by atoms with Crippen molar-refractivity contribution in [3.05, 3.63) is 66.7 Å². The van der Waals surface area contributed by atoms with Gasteiger partial charge in [-0.15, -0.1) is 0 Å². The van der Waals surface area contributed by atoms with Crippen molar-refractivity contribution in [1.82, 2.24) is 10.2 Å². The summed E-state index contributed by atoms with van der Waals surface area (Å²) < 4.78 is 14.0. The van der Waals surface area contributed by atoms with E-state index in [9.17, 15) is 9.18 Å². The Morgan fingerprint density at radius 3 is 2.69 bits per heavy atom. The molecule has 2 bridgehead atoms. The molecular formula is C21H26FN3O. The Morgan fingerprint density at radius 2 is 2.08 bits per heavy atom. The molecule has 138 valence electrons. The van der Waals surface area contributed by atoms with Crippen LogP contribution in [0.15, 0.2) is 60.8 Å². The summed E-state index contributed by atoms with van der Waals surface area (Å²) in [6.07, 6.45) is 9.00. The van der Waals surface area contributed by atoms with E-state index in [4.69, 9.17) is 0 Å². The van der Waals surface area contributed by atoms with Crippen molar-refractivity contribution < 1.29 is 9.18 Å². The maximum atomic E-state index is 14.0. The van der Waals surface area contributed by atoms with Gasteiger partial charge in [0.05, 0.1) is 11.3 Å². The van der Waals surface area contributed by atoms with Gasteiger partial charge in [-0.05, 0) is 50.1 Å². The van der Waals surface area contributed by atoms with Crippen LogP contribution in [0.3, 0.4) is 0 Å². The van der Waals surface area contributed by atoms with Gasteiger partial charge in [0.1, 0.15) is 5.82 Å².